The van der Waals surface area contributed by atoms with Gasteiger partial charge in [-0.25, -0.2) is 4.98 Å². The zero-order chi connectivity index (χ0) is 13.0. The summed E-state index contributed by atoms with van der Waals surface area (Å²) < 4.78 is 4.89. The number of hydrogen-bond acceptors (Lipinski definition) is 5. The van der Waals surface area contributed by atoms with Gasteiger partial charge >= 0.3 is 0 Å². The molecule has 3 nitrogen and oxygen atoms in total. The predicted octanol–water partition coefficient (Wildman–Crippen LogP) is 3.62. The quantitative estimate of drug-likeness (QED) is 0.916. The van der Waals surface area contributed by atoms with Crippen LogP contribution in [-0.2, 0) is 6.42 Å². The fourth-order valence-electron chi connectivity index (χ4n) is 1.49. The summed E-state index contributed by atoms with van der Waals surface area (Å²) in [6, 6.07) is 6.23. The predicted molar refractivity (Wildman–Crippen MR) is 77.5 cm³/mol. The highest BCUT2D eigenvalue weighted by molar-refractivity contribution is 8.01. The zero-order valence-corrected chi connectivity index (χ0v) is 12.4. The maximum absolute atomic E-state index is 6.27. The average molecular weight is 300 g/mol. The topological polar surface area (TPSA) is 51.8 Å². The van der Waals surface area contributed by atoms with E-state index in [4.69, 9.17) is 17.3 Å². The van der Waals surface area contributed by atoms with Gasteiger partial charge in [0.25, 0.3) is 0 Å². The Kier molecular flexibility index (Phi) is 5.00. The third-order valence-electron chi connectivity index (χ3n) is 2.58. The molecule has 0 aliphatic rings. The smallest absolute Gasteiger partial charge is 0.174 e. The van der Waals surface area contributed by atoms with Crippen molar-refractivity contribution in [3.8, 4) is 0 Å². The van der Waals surface area contributed by atoms with E-state index in [-0.39, 0.29) is 6.04 Å². The first-order valence-electron chi connectivity index (χ1n) is 5.67. The van der Waals surface area contributed by atoms with Crippen molar-refractivity contribution in [3.63, 3.8) is 0 Å². The number of hydrogen-bond donors (Lipinski definition) is 1. The van der Waals surface area contributed by atoms with Crippen LogP contribution in [0.2, 0.25) is 5.02 Å². The molecule has 96 valence electrons. The highest BCUT2D eigenvalue weighted by Crippen LogP contribution is 2.31. The van der Waals surface area contributed by atoms with E-state index in [0.717, 1.165) is 32.7 Å². The van der Waals surface area contributed by atoms with Gasteiger partial charge in [-0.05, 0) is 42.1 Å². The Bertz CT molecular complexity index is 502. The second-order valence-corrected chi connectivity index (χ2v) is 6.44. The molecule has 0 fully saturated rings. The van der Waals surface area contributed by atoms with E-state index in [1.54, 1.807) is 18.1 Å². The van der Waals surface area contributed by atoms with Crippen molar-refractivity contribution in [1.29, 1.82) is 0 Å². The van der Waals surface area contributed by atoms with Crippen molar-refractivity contribution in [2.24, 2.45) is 5.73 Å². The van der Waals surface area contributed by atoms with Crippen LogP contribution in [0.15, 0.2) is 33.8 Å². The summed E-state index contributed by atoms with van der Waals surface area (Å²) in [4.78, 5) is 5.21. The molecule has 1 unspecified atom stereocenters. The Hall–Kier alpha value is -0.620. The van der Waals surface area contributed by atoms with Crippen molar-refractivity contribution >= 4 is 34.9 Å². The molecule has 1 aromatic heterocycles. The second-order valence-electron chi connectivity index (χ2n) is 3.93. The fraction of sp³-hybridized carbons (Fsp3) is 0.333. The molecular weight excluding hydrogens is 286 g/mol. The Labute approximate surface area is 120 Å². The van der Waals surface area contributed by atoms with E-state index in [1.807, 2.05) is 12.1 Å². The molecule has 0 amide bonds. The molecule has 1 heterocycles. The van der Waals surface area contributed by atoms with Gasteiger partial charge in [-0.3, -0.25) is 0 Å². The van der Waals surface area contributed by atoms with Crippen LogP contribution in [-0.4, -0.2) is 15.4 Å². The summed E-state index contributed by atoms with van der Waals surface area (Å²) in [6.45, 7) is 2.08. The molecule has 0 aliphatic heterocycles. The number of nitrogens with two attached hydrogens (primary N) is 1. The maximum atomic E-state index is 6.27. The van der Waals surface area contributed by atoms with Gasteiger partial charge in [0, 0.05) is 16.0 Å². The molecule has 2 aromatic rings. The summed E-state index contributed by atoms with van der Waals surface area (Å²) in [5.41, 5.74) is 7.05. The lowest BCUT2D eigenvalue weighted by Gasteiger charge is -2.10. The van der Waals surface area contributed by atoms with Gasteiger partial charge < -0.3 is 5.73 Å². The van der Waals surface area contributed by atoms with Gasteiger partial charge in [0.05, 0.1) is 0 Å². The third kappa shape index (κ3) is 3.68. The standard InChI is InChI=1S/C12H14ClN3S2/c1-2-9(14)5-8-3-4-10(6-11(8)13)17-12-15-7-16-18-12/h3-4,6-7,9H,2,5,14H2,1H3. The lowest BCUT2D eigenvalue weighted by atomic mass is 10.1. The minimum Gasteiger partial charge on any atom is -0.327 e. The average Bonchev–Trinajstić information content (AvgIpc) is 2.85. The number of benzene rings is 1. The van der Waals surface area contributed by atoms with Crippen molar-refractivity contribution < 1.29 is 0 Å². The van der Waals surface area contributed by atoms with Crippen LogP contribution in [0.3, 0.4) is 0 Å². The molecule has 0 aliphatic carbocycles. The number of aromatic nitrogens is 2. The van der Waals surface area contributed by atoms with Gasteiger partial charge in [0.1, 0.15) is 6.33 Å². The molecule has 1 aromatic carbocycles. The molecule has 2 rings (SSSR count). The normalized spacial score (nSPS) is 12.6. The fourth-order valence-corrected chi connectivity index (χ4v) is 3.27. The van der Waals surface area contributed by atoms with E-state index in [2.05, 4.69) is 22.3 Å². The SMILES string of the molecule is CCC(N)Cc1ccc(Sc2ncns2)cc1Cl. The van der Waals surface area contributed by atoms with Gasteiger partial charge in [0.15, 0.2) is 4.34 Å². The summed E-state index contributed by atoms with van der Waals surface area (Å²) in [5, 5.41) is 0.772. The molecule has 0 radical (unpaired) electrons. The lowest BCUT2D eigenvalue weighted by Crippen LogP contribution is -2.21. The first-order chi connectivity index (χ1) is 8.69. The van der Waals surface area contributed by atoms with Gasteiger partial charge in [0.2, 0.25) is 0 Å². The van der Waals surface area contributed by atoms with Crippen LogP contribution >= 0.6 is 34.9 Å². The van der Waals surface area contributed by atoms with Crippen molar-refractivity contribution in [3.05, 3.63) is 35.1 Å². The molecule has 6 heteroatoms. The minimum absolute atomic E-state index is 0.171. The molecule has 0 saturated carbocycles. The first-order valence-corrected chi connectivity index (χ1v) is 7.64. The Balaban J connectivity index is 2.09. The monoisotopic (exact) mass is 299 g/mol. The van der Waals surface area contributed by atoms with Gasteiger partial charge in [-0.2, -0.15) is 4.37 Å². The van der Waals surface area contributed by atoms with Crippen LogP contribution in [0.25, 0.3) is 0 Å². The highest BCUT2D eigenvalue weighted by atomic mass is 35.5. The Morgan fingerprint density at radius 1 is 1.50 bits per heavy atom. The van der Waals surface area contributed by atoms with E-state index in [9.17, 15) is 0 Å². The Morgan fingerprint density at radius 3 is 2.94 bits per heavy atom. The van der Waals surface area contributed by atoms with Crippen molar-refractivity contribution in [1.82, 2.24) is 9.36 Å². The molecule has 1 atom stereocenters. The third-order valence-corrected chi connectivity index (χ3v) is 4.63. The summed E-state index contributed by atoms with van der Waals surface area (Å²) in [5.74, 6) is 0. The molecule has 0 bridgehead atoms. The molecule has 0 saturated heterocycles. The second kappa shape index (κ2) is 6.52. The van der Waals surface area contributed by atoms with Crippen molar-refractivity contribution in [2.45, 2.75) is 35.0 Å². The van der Waals surface area contributed by atoms with Crippen molar-refractivity contribution in [2.75, 3.05) is 0 Å². The molecule has 0 spiro atoms. The van der Waals surface area contributed by atoms with E-state index < -0.39 is 0 Å². The first kappa shape index (κ1) is 13.8. The number of nitrogens with zero attached hydrogens (tertiary/aromatic N) is 2. The minimum atomic E-state index is 0.171. The molecule has 2 N–H and O–H groups in total. The van der Waals surface area contributed by atoms with E-state index in [0.29, 0.717) is 0 Å². The van der Waals surface area contributed by atoms with Gasteiger partial charge in [-0.1, -0.05) is 36.4 Å². The summed E-state index contributed by atoms with van der Waals surface area (Å²) in [6.07, 6.45) is 3.33. The van der Waals surface area contributed by atoms with E-state index >= 15 is 0 Å². The number of halogens is 1. The largest absolute Gasteiger partial charge is 0.327 e. The van der Waals surface area contributed by atoms with Crippen LogP contribution in [0.1, 0.15) is 18.9 Å². The van der Waals surface area contributed by atoms with E-state index in [1.165, 1.54) is 11.5 Å². The van der Waals surface area contributed by atoms with Crippen LogP contribution < -0.4 is 5.73 Å². The van der Waals surface area contributed by atoms with Gasteiger partial charge in [-0.15, -0.1) is 0 Å². The molecule has 18 heavy (non-hydrogen) atoms. The summed E-state index contributed by atoms with van der Waals surface area (Å²) in [7, 11) is 0. The maximum Gasteiger partial charge on any atom is 0.174 e. The molecular formula is C12H14ClN3S2. The number of rotatable bonds is 5. The Morgan fingerprint density at radius 2 is 2.33 bits per heavy atom. The van der Waals surface area contributed by atoms with Crippen LogP contribution in [0.5, 0.6) is 0 Å². The summed E-state index contributed by atoms with van der Waals surface area (Å²) >= 11 is 9.22. The van der Waals surface area contributed by atoms with Crippen LogP contribution in [0.4, 0.5) is 0 Å². The van der Waals surface area contributed by atoms with Crippen LogP contribution in [0, 0.1) is 0 Å². The zero-order valence-electron chi connectivity index (χ0n) is 9.97. The highest BCUT2D eigenvalue weighted by Gasteiger charge is 2.08. The lowest BCUT2D eigenvalue weighted by molar-refractivity contribution is 0.646.